The number of fused-ring (bicyclic) bond motifs is 1. The largest absolute Gasteiger partial charge is 0.573 e. The lowest BCUT2D eigenvalue weighted by Gasteiger charge is -2.17. The minimum Gasteiger partial charge on any atom is -0.405 e. The van der Waals surface area contributed by atoms with Gasteiger partial charge in [-0.15, -0.1) is 13.2 Å². The Morgan fingerprint density at radius 1 is 1.11 bits per heavy atom. The van der Waals surface area contributed by atoms with Crippen LogP contribution in [0.15, 0.2) is 61.2 Å². The number of hydrogen-bond donors (Lipinski definition) is 0. The van der Waals surface area contributed by atoms with Gasteiger partial charge in [0.05, 0.1) is 16.6 Å². The van der Waals surface area contributed by atoms with E-state index in [1.165, 1.54) is 18.5 Å². The van der Waals surface area contributed by atoms with E-state index < -0.39 is 6.36 Å². The van der Waals surface area contributed by atoms with Crippen molar-refractivity contribution >= 4 is 16.9 Å². The Bertz CT molecular complexity index is 1400. The molecule has 1 amide bonds. The van der Waals surface area contributed by atoms with Crippen LogP contribution in [0.4, 0.5) is 13.2 Å². The number of imidazole rings is 1. The Kier molecular flexibility index (Phi) is 6.11. The number of para-hydroxylation sites is 1. The van der Waals surface area contributed by atoms with Gasteiger partial charge in [-0.1, -0.05) is 12.1 Å². The predicted molar refractivity (Wildman–Crippen MR) is 128 cm³/mol. The highest BCUT2D eigenvalue weighted by Gasteiger charge is 2.33. The van der Waals surface area contributed by atoms with E-state index in [0.29, 0.717) is 30.0 Å². The molecule has 1 fully saturated rings. The summed E-state index contributed by atoms with van der Waals surface area (Å²) in [5, 5.41) is 0. The molecule has 2 aromatic carbocycles. The molecule has 1 saturated heterocycles. The number of alkyl halides is 3. The molecule has 7 nitrogen and oxygen atoms in total. The quantitative estimate of drug-likeness (QED) is 0.360. The summed E-state index contributed by atoms with van der Waals surface area (Å²) in [4.78, 5) is 27.9. The molecule has 4 aromatic rings. The molecule has 36 heavy (non-hydrogen) atoms. The summed E-state index contributed by atoms with van der Waals surface area (Å²) in [6, 6.07) is 11.1. The summed E-state index contributed by atoms with van der Waals surface area (Å²) < 4.78 is 45.2. The summed E-state index contributed by atoms with van der Waals surface area (Å²) in [5.41, 5.74) is 2.95. The molecule has 186 valence electrons. The second-order valence-corrected chi connectivity index (χ2v) is 9.06. The van der Waals surface area contributed by atoms with Crippen LogP contribution in [-0.2, 0) is 0 Å². The van der Waals surface area contributed by atoms with Gasteiger partial charge < -0.3 is 14.2 Å². The molecule has 10 heteroatoms. The molecule has 0 N–H and O–H groups in total. The second-order valence-electron chi connectivity index (χ2n) is 9.06. The fourth-order valence-corrected chi connectivity index (χ4v) is 4.73. The van der Waals surface area contributed by atoms with Gasteiger partial charge in [-0.05, 0) is 56.2 Å². The summed E-state index contributed by atoms with van der Waals surface area (Å²) in [6.07, 6.45) is 1.03. The molecule has 0 bridgehead atoms. The zero-order valence-corrected chi connectivity index (χ0v) is 19.7. The third kappa shape index (κ3) is 4.62. The highest BCUT2D eigenvalue weighted by molar-refractivity contribution is 5.98. The van der Waals surface area contributed by atoms with Gasteiger partial charge in [0.1, 0.15) is 17.9 Å². The zero-order valence-electron chi connectivity index (χ0n) is 19.7. The minimum absolute atomic E-state index is 0.0991. The number of nitrogens with zero attached hydrogens (tertiary/aromatic N) is 5. The number of hydrogen-bond acceptors (Lipinski definition) is 5. The molecule has 0 saturated carbocycles. The maximum atomic E-state index is 13.3. The van der Waals surface area contributed by atoms with Crippen LogP contribution >= 0.6 is 0 Å². The van der Waals surface area contributed by atoms with Crippen molar-refractivity contribution in [1.29, 1.82) is 0 Å². The van der Waals surface area contributed by atoms with Crippen LogP contribution in [-0.4, -0.2) is 49.8 Å². The summed E-state index contributed by atoms with van der Waals surface area (Å²) in [5.74, 6) is 0.0785. The van der Waals surface area contributed by atoms with Crippen LogP contribution in [0.5, 0.6) is 5.75 Å². The van der Waals surface area contributed by atoms with E-state index in [0.717, 1.165) is 17.5 Å². The summed E-state index contributed by atoms with van der Waals surface area (Å²) in [7, 11) is 0. The zero-order chi connectivity index (χ0) is 25.4. The Morgan fingerprint density at radius 3 is 2.58 bits per heavy atom. The molecule has 1 atom stereocenters. The normalized spacial score (nSPS) is 16.2. The average Bonchev–Trinajstić information content (AvgIpc) is 3.48. The van der Waals surface area contributed by atoms with Gasteiger partial charge in [0, 0.05) is 43.0 Å². The number of amides is 1. The van der Waals surface area contributed by atoms with Crippen LogP contribution in [0.25, 0.3) is 22.4 Å². The van der Waals surface area contributed by atoms with E-state index in [2.05, 4.69) is 19.7 Å². The number of halogens is 3. The molecular weight excluding hydrogens is 471 g/mol. The minimum atomic E-state index is -4.83. The first kappa shape index (κ1) is 23.8. The molecule has 1 aliphatic heterocycles. The van der Waals surface area contributed by atoms with Crippen molar-refractivity contribution in [3.05, 3.63) is 72.3 Å². The lowest BCUT2D eigenvalue weighted by molar-refractivity contribution is -0.274. The van der Waals surface area contributed by atoms with Gasteiger partial charge in [0.2, 0.25) is 0 Å². The van der Waals surface area contributed by atoms with Gasteiger partial charge in [-0.3, -0.25) is 4.79 Å². The monoisotopic (exact) mass is 495 g/mol. The fraction of sp³-hybridized carbons (Fsp3) is 0.308. The second kappa shape index (κ2) is 9.25. The van der Waals surface area contributed by atoms with Crippen molar-refractivity contribution in [2.24, 2.45) is 0 Å². The number of carbonyl (C=O) groups excluding carboxylic acids is 1. The Balaban J connectivity index is 1.49. The Morgan fingerprint density at radius 2 is 1.86 bits per heavy atom. The van der Waals surface area contributed by atoms with Gasteiger partial charge in [0.25, 0.3) is 5.91 Å². The van der Waals surface area contributed by atoms with E-state index in [9.17, 15) is 18.0 Å². The van der Waals surface area contributed by atoms with E-state index in [1.54, 1.807) is 47.6 Å². The van der Waals surface area contributed by atoms with Crippen LogP contribution in [0.1, 0.15) is 48.1 Å². The highest BCUT2D eigenvalue weighted by atomic mass is 19.4. The lowest BCUT2D eigenvalue weighted by Crippen LogP contribution is -2.28. The van der Waals surface area contributed by atoms with Gasteiger partial charge in [-0.25, -0.2) is 15.0 Å². The first-order valence-corrected chi connectivity index (χ1v) is 11.6. The molecule has 5 rings (SSSR count). The van der Waals surface area contributed by atoms with Crippen LogP contribution in [0.2, 0.25) is 0 Å². The van der Waals surface area contributed by atoms with E-state index in [4.69, 9.17) is 0 Å². The number of ether oxygens (including phenoxy) is 1. The lowest BCUT2D eigenvalue weighted by atomic mass is 10.0. The van der Waals surface area contributed by atoms with Crippen molar-refractivity contribution in [1.82, 2.24) is 24.4 Å². The molecule has 0 spiro atoms. The molecule has 0 radical (unpaired) electrons. The van der Waals surface area contributed by atoms with Crippen LogP contribution < -0.4 is 4.74 Å². The standard InChI is InChI=1S/C26H24F3N5O2/c1-16(2)34-22-8-7-17(25(35)33-10-9-18(14-33)19-12-30-15-31-13-19)11-21(22)32-24(34)20-5-3-4-6-23(20)36-26(27,28)29/h3-8,11-13,15-16,18H,9-10,14H2,1-2H3. The molecule has 2 aromatic heterocycles. The van der Waals surface area contributed by atoms with Crippen molar-refractivity contribution in [2.45, 2.75) is 38.6 Å². The average molecular weight is 496 g/mol. The molecule has 0 aliphatic carbocycles. The number of rotatable bonds is 5. The number of aromatic nitrogens is 4. The van der Waals surface area contributed by atoms with Crippen LogP contribution in [0.3, 0.4) is 0 Å². The SMILES string of the molecule is CC(C)n1c(-c2ccccc2OC(F)(F)F)nc2cc(C(=O)N3CCC(c4cncnc4)C3)ccc21. The van der Waals surface area contributed by atoms with Crippen molar-refractivity contribution < 1.29 is 22.7 Å². The van der Waals surface area contributed by atoms with Crippen molar-refractivity contribution in [3.8, 4) is 17.1 Å². The maximum Gasteiger partial charge on any atom is 0.573 e. The third-order valence-electron chi connectivity index (χ3n) is 6.33. The molecule has 1 aliphatic rings. The van der Waals surface area contributed by atoms with E-state index >= 15 is 0 Å². The number of likely N-dealkylation sites (tertiary alicyclic amines) is 1. The molecule has 1 unspecified atom stereocenters. The topological polar surface area (TPSA) is 73.1 Å². The first-order valence-electron chi connectivity index (χ1n) is 11.6. The third-order valence-corrected chi connectivity index (χ3v) is 6.33. The van der Waals surface area contributed by atoms with Crippen molar-refractivity contribution in [3.63, 3.8) is 0 Å². The smallest absolute Gasteiger partial charge is 0.405 e. The maximum absolute atomic E-state index is 13.3. The summed E-state index contributed by atoms with van der Waals surface area (Å²) in [6.45, 7) is 5.03. The number of carbonyl (C=O) groups is 1. The van der Waals surface area contributed by atoms with Gasteiger partial charge >= 0.3 is 6.36 Å². The predicted octanol–water partition coefficient (Wildman–Crippen LogP) is 5.60. The highest BCUT2D eigenvalue weighted by Crippen LogP contribution is 2.37. The van der Waals surface area contributed by atoms with E-state index in [-0.39, 0.29) is 29.2 Å². The fourth-order valence-electron chi connectivity index (χ4n) is 4.73. The molecule has 3 heterocycles. The number of benzene rings is 2. The van der Waals surface area contributed by atoms with Gasteiger partial charge in [-0.2, -0.15) is 0 Å². The van der Waals surface area contributed by atoms with Crippen molar-refractivity contribution in [2.75, 3.05) is 13.1 Å². The molecular formula is C26H24F3N5O2. The Labute approximate surface area is 205 Å². The van der Waals surface area contributed by atoms with Crippen LogP contribution in [0, 0.1) is 0 Å². The Hall–Kier alpha value is -3.95. The summed E-state index contributed by atoms with van der Waals surface area (Å²) >= 11 is 0. The van der Waals surface area contributed by atoms with E-state index in [1.807, 2.05) is 18.4 Å². The first-order chi connectivity index (χ1) is 17.2. The van der Waals surface area contributed by atoms with Gasteiger partial charge in [0.15, 0.2) is 0 Å².